The fourth-order valence-electron chi connectivity index (χ4n) is 2.59. The number of hydrogen-bond donors (Lipinski definition) is 0. The molecule has 0 fully saturated rings. The van der Waals surface area contributed by atoms with Crippen LogP contribution in [0, 0.1) is 0 Å². The molecule has 0 radical (unpaired) electrons. The molecule has 1 rings (SSSR count). The summed E-state index contributed by atoms with van der Waals surface area (Å²) in [5.74, 6) is 0. The van der Waals surface area contributed by atoms with Gasteiger partial charge in [0.1, 0.15) is 0 Å². The molecule has 2 atom stereocenters. The summed E-state index contributed by atoms with van der Waals surface area (Å²) in [6.07, 6.45) is 6.79. The Kier molecular flexibility index (Phi) is 6.75. The van der Waals surface area contributed by atoms with Crippen LogP contribution < -0.4 is 0 Å². The Bertz CT molecular complexity index is 334. The minimum absolute atomic E-state index is 0.0134. The molecule has 19 heavy (non-hydrogen) atoms. The first-order chi connectivity index (χ1) is 9.04. The predicted molar refractivity (Wildman–Crippen MR) is 77.7 cm³/mol. The van der Waals surface area contributed by atoms with Gasteiger partial charge >= 0.3 is 0 Å². The van der Waals surface area contributed by atoms with Crippen molar-refractivity contribution in [3.63, 3.8) is 0 Å². The highest BCUT2D eigenvalue weighted by atomic mass is 31.2. The first kappa shape index (κ1) is 16.9. The predicted octanol–water partition coefficient (Wildman–Crippen LogP) is 4.16. The zero-order valence-electron chi connectivity index (χ0n) is 12.6. The lowest BCUT2D eigenvalue weighted by Gasteiger charge is -2.40. The first-order valence-corrected chi connectivity index (χ1v) is 8.90. The van der Waals surface area contributed by atoms with Crippen molar-refractivity contribution in [3.05, 3.63) is 12.2 Å². The molecule has 0 saturated heterocycles. The number of rotatable bonds is 8. The van der Waals surface area contributed by atoms with Crippen LogP contribution in [-0.4, -0.2) is 31.0 Å². The van der Waals surface area contributed by atoms with Gasteiger partial charge in [0.25, 0.3) is 7.37 Å². The van der Waals surface area contributed by atoms with Crippen molar-refractivity contribution in [1.29, 1.82) is 0 Å². The fraction of sp³-hybridized carbons (Fsp3) is 0.857. The second-order valence-corrected chi connectivity index (χ2v) is 7.71. The Balaban J connectivity index is 3.06. The van der Waals surface area contributed by atoms with Crippen LogP contribution in [0.5, 0.6) is 0 Å². The van der Waals surface area contributed by atoms with Gasteiger partial charge in [-0.3, -0.25) is 4.57 Å². The lowest BCUT2D eigenvalue weighted by Crippen LogP contribution is -2.37. The van der Waals surface area contributed by atoms with Gasteiger partial charge in [-0.1, -0.05) is 12.2 Å². The molecule has 4 nitrogen and oxygen atoms in total. The third-order valence-electron chi connectivity index (χ3n) is 3.43. The van der Waals surface area contributed by atoms with Gasteiger partial charge < -0.3 is 14.0 Å². The summed E-state index contributed by atoms with van der Waals surface area (Å²) in [7, 11) is -3.05. The van der Waals surface area contributed by atoms with Crippen molar-refractivity contribution < 1.29 is 18.6 Å². The largest absolute Gasteiger partial charge is 0.342 e. The Hall–Kier alpha value is -0.150. The van der Waals surface area contributed by atoms with Gasteiger partial charge in [-0.15, -0.1) is 0 Å². The third kappa shape index (κ3) is 3.69. The van der Waals surface area contributed by atoms with Gasteiger partial charge in [0.2, 0.25) is 5.53 Å². The lowest BCUT2D eigenvalue weighted by atomic mass is 10.1. The standard InChI is InChI=1S/C14H27O4P/c1-5-16-14(4,17-6-2)19(15,18-7-3)13-11-9-8-10-12-13/h8-9,13H,5-7,10-12H2,1-4H3. The average Bonchev–Trinajstić information content (AvgIpc) is 2.40. The van der Waals surface area contributed by atoms with E-state index < -0.39 is 12.9 Å². The zero-order chi connectivity index (χ0) is 14.4. The Morgan fingerprint density at radius 2 is 1.79 bits per heavy atom. The van der Waals surface area contributed by atoms with E-state index in [1.54, 1.807) is 6.92 Å². The van der Waals surface area contributed by atoms with Crippen LogP contribution in [0.15, 0.2) is 12.2 Å². The number of allylic oxidation sites excluding steroid dienone is 2. The fourth-order valence-corrected chi connectivity index (χ4v) is 5.59. The average molecular weight is 290 g/mol. The van der Waals surface area contributed by atoms with Crippen LogP contribution in [-0.2, 0) is 18.6 Å². The van der Waals surface area contributed by atoms with E-state index >= 15 is 0 Å². The molecule has 0 saturated carbocycles. The summed E-state index contributed by atoms with van der Waals surface area (Å²) in [6.45, 7) is 8.71. The summed E-state index contributed by atoms with van der Waals surface area (Å²) in [4.78, 5) is 0. The van der Waals surface area contributed by atoms with Crippen molar-refractivity contribution in [2.24, 2.45) is 0 Å². The maximum Gasteiger partial charge on any atom is 0.263 e. The maximum absolute atomic E-state index is 13.5. The van der Waals surface area contributed by atoms with Crippen LogP contribution in [0.4, 0.5) is 0 Å². The smallest absolute Gasteiger partial charge is 0.263 e. The van der Waals surface area contributed by atoms with Crippen LogP contribution in [0.1, 0.15) is 47.0 Å². The second-order valence-electron chi connectivity index (χ2n) is 4.72. The van der Waals surface area contributed by atoms with E-state index in [2.05, 4.69) is 12.2 Å². The molecule has 0 heterocycles. The molecule has 0 spiro atoms. The Morgan fingerprint density at radius 1 is 1.16 bits per heavy atom. The van der Waals surface area contributed by atoms with Crippen LogP contribution >= 0.6 is 7.37 Å². The van der Waals surface area contributed by atoms with Gasteiger partial charge in [0.05, 0.1) is 6.61 Å². The summed E-state index contributed by atoms with van der Waals surface area (Å²) in [5, 5.41) is 0. The van der Waals surface area contributed by atoms with Crippen LogP contribution in [0.3, 0.4) is 0 Å². The second kappa shape index (κ2) is 7.58. The molecule has 1 aliphatic carbocycles. The number of ether oxygens (including phenoxy) is 2. The molecule has 1 aliphatic rings. The van der Waals surface area contributed by atoms with E-state index in [1.807, 2.05) is 20.8 Å². The molecular formula is C14H27O4P. The van der Waals surface area contributed by atoms with Crippen molar-refractivity contribution in [3.8, 4) is 0 Å². The minimum atomic E-state index is -3.05. The van der Waals surface area contributed by atoms with E-state index in [0.29, 0.717) is 19.8 Å². The van der Waals surface area contributed by atoms with Gasteiger partial charge in [-0.05, 0) is 47.0 Å². The van der Waals surface area contributed by atoms with E-state index in [4.69, 9.17) is 14.0 Å². The van der Waals surface area contributed by atoms with Gasteiger partial charge in [-0.2, -0.15) is 0 Å². The monoisotopic (exact) mass is 290 g/mol. The quantitative estimate of drug-likeness (QED) is 0.382. The zero-order valence-corrected chi connectivity index (χ0v) is 13.4. The lowest BCUT2D eigenvalue weighted by molar-refractivity contribution is -0.168. The molecule has 0 aromatic rings. The van der Waals surface area contributed by atoms with Crippen LogP contribution in [0.25, 0.3) is 0 Å². The summed E-state index contributed by atoms with van der Waals surface area (Å²) in [5.41, 5.74) is -1.15. The highest BCUT2D eigenvalue weighted by Crippen LogP contribution is 2.66. The highest BCUT2D eigenvalue weighted by molar-refractivity contribution is 7.61. The minimum Gasteiger partial charge on any atom is -0.342 e. The molecule has 5 heteroatoms. The first-order valence-electron chi connectivity index (χ1n) is 7.21. The summed E-state index contributed by atoms with van der Waals surface area (Å²) in [6, 6.07) is 0. The highest BCUT2D eigenvalue weighted by Gasteiger charge is 2.52. The number of hydrogen-bond acceptors (Lipinski definition) is 4. The summed E-state index contributed by atoms with van der Waals surface area (Å²) >= 11 is 0. The van der Waals surface area contributed by atoms with Gasteiger partial charge in [0.15, 0.2) is 0 Å². The topological polar surface area (TPSA) is 44.8 Å². The summed E-state index contributed by atoms with van der Waals surface area (Å²) < 4.78 is 30.6. The van der Waals surface area contributed by atoms with E-state index in [9.17, 15) is 4.57 Å². The molecule has 2 unspecified atom stereocenters. The normalized spacial score (nSPS) is 23.3. The molecule has 0 bridgehead atoms. The van der Waals surface area contributed by atoms with E-state index in [-0.39, 0.29) is 5.66 Å². The Morgan fingerprint density at radius 3 is 2.21 bits per heavy atom. The third-order valence-corrected chi connectivity index (χ3v) is 6.90. The van der Waals surface area contributed by atoms with E-state index in [0.717, 1.165) is 19.3 Å². The van der Waals surface area contributed by atoms with Crippen molar-refractivity contribution in [2.75, 3.05) is 19.8 Å². The molecule has 0 N–H and O–H groups in total. The maximum atomic E-state index is 13.5. The molecule has 0 aromatic carbocycles. The molecular weight excluding hydrogens is 263 g/mol. The van der Waals surface area contributed by atoms with E-state index in [1.165, 1.54) is 0 Å². The van der Waals surface area contributed by atoms with Gasteiger partial charge in [-0.25, -0.2) is 0 Å². The molecule has 0 aromatic heterocycles. The van der Waals surface area contributed by atoms with Crippen molar-refractivity contribution in [1.82, 2.24) is 0 Å². The Labute approximate surface area is 117 Å². The van der Waals surface area contributed by atoms with Crippen LogP contribution in [0.2, 0.25) is 0 Å². The molecule has 0 aliphatic heterocycles. The van der Waals surface area contributed by atoms with Crippen molar-refractivity contribution in [2.45, 2.75) is 58.1 Å². The molecule has 112 valence electrons. The van der Waals surface area contributed by atoms with Gasteiger partial charge in [0, 0.05) is 18.9 Å². The SMILES string of the molecule is CCOC(C)(OCC)P(=O)(OCC)C1CC=CCC1. The van der Waals surface area contributed by atoms with Crippen molar-refractivity contribution >= 4 is 7.37 Å². The molecule has 0 amide bonds.